The summed E-state index contributed by atoms with van der Waals surface area (Å²) in [6.07, 6.45) is 0. The van der Waals surface area contributed by atoms with Gasteiger partial charge in [-0.1, -0.05) is 243 Å². The van der Waals surface area contributed by atoms with Crippen molar-refractivity contribution in [2.45, 2.75) is 10.8 Å². The Balaban J connectivity index is 1.10. The van der Waals surface area contributed by atoms with Crippen molar-refractivity contribution in [3.8, 4) is 55.6 Å². The predicted molar refractivity (Wildman–Crippen MR) is 286 cm³/mol. The Morgan fingerprint density at radius 2 is 0.681 bits per heavy atom. The van der Waals surface area contributed by atoms with Crippen LogP contribution in [0, 0.1) is 0 Å². The molecule has 1 nitrogen and oxygen atoms in total. The van der Waals surface area contributed by atoms with Gasteiger partial charge in [0.25, 0.3) is 0 Å². The molecule has 3 aliphatic carbocycles. The summed E-state index contributed by atoms with van der Waals surface area (Å²) in [6.45, 7) is 0. The number of hydrogen-bond acceptors (Lipinski definition) is 1. The lowest BCUT2D eigenvalue weighted by atomic mass is 9.68. The van der Waals surface area contributed by atoms with E-state index >= 15 is 0 Å². The molecule has 0 saturated heterocycles. The molecule has 0 fully saturated rings. The van der Waals surface area contributed by atoms with Crippen molar-refractivity contribution in [1.29, 1.82) is 0 Å². The predicted octanol–water partition coefficient (Wildman–Crippen LogP) is 17.2. The van der Waals surface area contributed by atoms with Crippen LogP contribution in [0.3, 0.4) is 0 Å². The lowest BCUT2D eigenvalue weighted by Crippen LogP contribution is -2.28. The molecule has 14 rings (SSSR count). The second-order valence-electron chi connectivity index (χ2n) is 18.6. The first-order valence-electron chi connectivity index (χ1n) is 24.1. The van der Waals surface area contributed by atoms with Crippen LogP contribution in [0.1, 0.15) is 44.5 Å². The minimum atomic E-state index is -0.559. The van der Waals surface area contributed by atoms with Crippen molar-refractivity contribution in [3.05, 3.63) is 317 Å². The average molecular weight is 876 g/mol. The van der Waals surface area contributed by atoms with Crippen LogP contribution in [0.5, 0.6) is 0 Å². The first-order valence-corrected chi connectivity index (χ1v) is 24.1. The van der Waals surface area contributed by atoms with Gasteiger partial charge < -0.3 is 4.90 Å². The second kappa shape index (κ2) is 15.4. The maximum atomic E-state index is 2.59. The van der Waals surface area contributed by atoms with Crippen LogP contribution < -0.4 is 4.90 Å². The van der Waals surface area contributed by atoms with E-state index in [9.17, 15) is 0 Å². The zero-order valence-electron chi connectivity index (χ0n) is 37.9. The molecule has 0 N–H and O–H groups in total. The highest BCUT2D eigenvalue weighted by Gasteiger charge is 2.52. The van der Waals surface area contributed by atoms with E-state index in [4.69, 9.17) is 0 Å². The van der Waals surface area contributed by atoms with E-state index < -0.39 is 10.8 Å². The van der Waals surface area contributed by atoms with Crippen LogP contribution in [0.15, 0.2) is 273 Å². The Labute approximate surface area is 403 Å². The molecule has 1 spiro atoms. The van der Waals surface area contributed by atoms with Crippen LogP contribution in [0.25, 0.3) is 55.6 Å². The Morgan fingerprint density at radius 3 is 1.25 bits per heavy atom. The molecule has 0 aromatic heterocycles. The van der Waals surface area contributed by atoms with Crippen LogP contribution >= 0.6 is 0 Å². The number of hydrogen-bond donors (Lipinski definition) is 0. The van der Waals surface area contributed by atoms with E-state index in [1.165, 1.54) is 89.0 Å². The van der Waals surface area contributed by atoms with Gasteiger partial charge in [-0.25, -0.2) is 0 Å². The monoisotopic (exact) mass is 875 g/mol. The van der Waals surface area contributed by atoms with Crippen LogP contribution in [0.2, 0.25) is 0 Å². The first-order chi connectivity index (χ1) is 34.3. The van der Waals surface area contributed by atoms with Crippen molar-refractivity contribution in [2.24, 2.45) is 0 Å². The smallest absolute Gasteiger partial charge is 0.0726 e. The highest BCUT2D eigenvalue weighted by atomic mass is 15.1. The van der Waals surface area contributed by atoms with Gasteiger partial charge in [0, 0.05) is 16.8 Å². The molecule has 11 aromatic rings. The summed E-state index contributed by atoms with van der Waals surface area (Å²) >= 11 is 0. The summed E-state index contributed by atoms with van der Waals surface area (Å²) in [6, 6.07) is 102. The van der Waals surface area contributed by atoms with E-state index in [-0.39, 0.29) is 0 Å². The molecular formula is C68H45N. The maximum Gasteiger partial charge on any atom is 0.0726 e. The minimum absolute atomic E-state index is 0.499. The summed E-state index contributed by atoms with van der Waals surface area (Å²) in [5.74, 6) is 0. The molecule has 3 aliphatic rings. The number of anilines is 3. The molecule has 11 aromatic carbocycles. The standard InChI is InChI=1S/C68H45N/c1-5-22-46(23-6-1)48-40-43-64(57(44-48)47-24-7-2-8-25-47)69(65-39-21-38-62-66(65)56-33-16-20-37-61(56)67(62,49-26-9-3-10-27-49)50-28-11-4-12-29-50)51-41-42-55-54-32-15-19-36-60(54)68(63(55)45-51)58-34-17-13-30-52(58)53-31-14-18-35-59(53)68/h1-45H. The average Bonchev–Trinajstić information content (AvgIpc) is 4.02. The second-order valence-corrected chi connectivity index (χ2v) is 18.6. The van der Waals surface area contributed by atoms with Gasteiger partial charge in [0.05, 0.1) is 22.2 Å². The normalized spacial score (nSPS) is 13.7. The summed E-state index contributed by atoms with van der Waals surface area (Å²) in [7, 11) is 0. The lowest BCUT2D eigenvalue weighted by Gasteiger charge is -2.35. The fourth-order valence-electron chi connectivity index (χ4n) is 12.7. The van der Waals surface area contributed by atoms with Gasteiger partial charge in [0.15, 0.2) is 0 Å². The van der Waals surface area contributed by atoms with E-state index in [2.05, 4.69) is 278 Å². The van der Waals surface area contributed by atoms with Crippen molar-refractivity contribution >= 4 is 17.1 Å². The zero-order valence-corrected chi connectivity index (χ0v) is 37.9. The SMILES string of the molecule is c1ccc(-c2ccc(N(c3ccc4c(c3)C3(c5ccccc5-c5ccccc53)c3ccccc3-4)c3cccc4c3-c3ccccc3C4(c3ccccc3)c3ccccc3)c(-c3ccccc3)c2)cc1. The topological polar surface area (TPSA) is 3.24 Å². The fourth-order valence-corrected chi connectivity index (χ4v) is 12.7. The van der Waals surface area contributed by atoms with Gasteiger partial charge >= 0.3 is 0 Å². The van der Waals surface area contributed by atoms with Gasteiger partial charge in [-0.05, 0) is 119 Å². The number of rotatable bonds is 7. The largest absolute Gasteiger partial charge is 0.309 e. The van der Waals surface area contributed by atoms with Gasteiger partial charge in [-0.3, -0.25) is 0 Å². The Hall–Kier alpha value is -8.78. The number of fused-ring (bicyclic) bond motifs is 13. The van der Waals surface area contributed by atoms with Gasteiger partial charge in [-0.15, -0.1) is 0 Å². The quantitative estimate of drug-likeness (QED) is 0.154. The number of benzene rings is 11. The fraction of sp³-hybridized carbons (Fsp3) is 0.0294. The van der Waals surface area contributed by atoms with Crippen LogP contribution in [-0.2, 0) is 10.8 Å². The van der Waals surface area contributed by atoms with Crippen molar-refractivity contribution in [3.63, 3.8) is 0 Å². The van der Waals surface area contributed by atoms with Crippen molar-refractivity contribution < 1.29 is 0 Å². The molecule has 0 unspecified atom stereocenters. The zero-order chi connectivity index (χ0) is 45.5. The van der Waals surface area contributed by atoms with Crippen molar-refractivity contribution in [1.82, 2.24) is 0 Å². The van der Waals surface area contributed by atoms with Crippen LogP contribution in [-0.4, -0.2) is 0 Å². The van der Waals surface area contributed by atoms with Crippen molar-refractivity contribution in [2.75, 3.05) is 4.90 Å². The molecule has 322 valence electrons. The molecule has 1 heteroatoms. The molecule has 0 heterocycles. The third-order valence-electron chi connectivity index (χ3n) is 15.4. The molecule has 0 saturated carbocycles. The van der Waals surface area contributed by atoms with E-state index in [0.29, 0.717) is 0 Å². The van der Waals surface area contributed by atoms with Gasteiger partial charge in [0.1, 0.15) is 0 Å². The maximum absolute atomic E-state index is 2.59. The van der Waals surface area contributed by atoms with E-state index in [1.807, 2.05) is 0 Å². The highest BCUT2D eigenvalue weighted by molar-refractivity contribution is 6.02. The molecular weight excluding hydrogens is 831 g/mol. The summed E-state index contributed by atoms with van der Waals surface area (Å²) in [5.41, 5.74) is 25.0. The Kier molecular flexibility index (Phi) is 8.78. The summed E-state index contributed by atoms with van der Waals surface area (Å²) in [5, 5.41) is 0. The molecule has 0 atom stereocenters. The number of nitrogens with zero attached hydrogens (tertiary/aromatic N) is 1. The highest BCUT2D eigenvalue weighted by Crippen LogP contribution is 2.64. The van der Waals surface area contributed by atoms with E-state index in [0.717, 1.165) is 28.2 Å². The molecule has 69 heavy (non-hydrogen) atoms. The lowest BCUT2D eigenvalue weighted by molar-refractivity contribution is 0.768. The molecule has 0 radical (unpaired) electrons. The first kappa shape index (κ1) is 39.4. The molecule has 0 bridgehead atoms. The summed E-state index contributed by atoms with van der Waals surface area (Å²) < 4.78 is 0. The molecule has 0 aliphatic heterocycles. The van der Waals surface area contributed by atoms with Gasteiger partial charge in [-0.2, -0.15) is 0 Å². The van der Waals surface area contributed by atoms with Gasteiger partial charge in [0.2, 0.25) is 0 Å². The molecule has 0 amide bonds. The van der Waals surface area contributed by atoms with E-state index in [1.54, 1.807) is 0 Å². The summed E-state index contributed by atoms with van der Waals surface area (Å²) in [4.78, 5) is 2.59. The minimum Gasteiger partial charge on any atom is -0.309 e. The van der Waals surface area contributed by atoms with Crippen LogP contribution in [0.4, 0.5) is 17.1 Å². The Morgan fingerprint density at radius 1 is 0.232 bits per heavy atom. The third kappa shape index (κ3) is 5.53. The Bertz CT molecular complexity index is 3670. The third-order valence-corrected chi connectivity index (χ3v) is 15.4.